The molecule has 1 unspecified atom stereocenters. The summed E-state index contributed by atoms with van der Waals surface area (Å²) in [6, 6.07) is 3.26. The summed E-state index contributed by atoms with van der Waals surface area (Å²) in [4.78, 5) is 0. The Morgan fingerprint density at radius 3 is 2.20 bits per heavy atom. The molecular formula is C13H16Cl2O4S. The maximum absolute atomic E-state index is 11.9. The van der Waals surface area contributed by atoms with Crippen LogP contribution in [0.5, 0.6) is 11.5 Å². The van der Waals surface area contributed by atoms with Crippen LogP contribution in [-0.4, -0.2) is 32.6 Å². The standard InChI is InChI=1S/C13H16Cl2O4S/c1-13(2,20(3,16)17)12(15)8-6-10-11(7-9(8)14)19-5-4-18-10/h6-7,12H,4-5H2,1-3H3. The van der Waals surface area contributed by atoms with E-state index in [4.69, 9.17) is 32.7 Å². The minimum absolute atomic E-state index is 0.367. The first-order chi connectivity index (χ1) is 9.14. The van der Waals surface area contributed by atoms with E-state index < -0.39 is 20.0 Å². The summed E-state index contributed by atoms with van der Waals surface area (Å²) in [5.41, 5.74) is 0.521. The van der Waals surface area contributed by atoms with Gasteiger partial charge in [0.05, 0.1) is 10.1 Å². The number of hydrogen-bond acceptors (Lipinski definition) is 4. The van der Waals surface area contributed by atoms with Crippen molar-refractivity contribution in [1.29, 1.82) is 0 Å². The van der Waals surface area contributed by atoms with E-state index in [1.807, 2.05) is 0 Å². The highest BCUT2D eigenvalue weighted by atomic mass is 35.5. The van der Waals surface area contributed by atoms with Crippen LogP contribution < -0.4 is 9.47 Å². The molecule has 0 amide bonds. The molecule has 4 nitrogen and oxygen atoms in total. The van der Waals surface area contributed by atoms with Gasteiger partial charge in [-0.05, 0) is 25.5 Å². The fraction of sp³-hybridized carbons (Fsp3) is 0.538. The van der Waals surface area contributed by atoms with Gasteiger partial charge in [-0.15, -0.1) is 11.6 Å². The van der Waals surface area contributed by atoms with Crippen molar-refractivity contribution in [3.63, 3.8) is 0 Å². The van der Waals surface area contributed by atoms with Crippen LogP contribution in [-0.2, 0) is 9.84 Å². The summed E-state index contributed by atoms with van der Waals surface area (Å²) in [5, 5.41) is -0.424. The van der Waals surface area contributed by atoms with Crippen molar-refractivity contribution in [3.8, 4) is 11.5 Å². The number of halogens is 2. The second-order valence-corrected chi connectivity index (χ2v) is 8.70. The van der Waals surface area contributed by atoms with Gasteiger partial charge in [-0.1, -0.05) is 11.6 Å². The fourth-order valence-corrected chi connectivity index (χ4v) is 3.32. The highest BCUT2D eigenvalue weighted by Gasteiger charge is 2.40. The van der Waals surface area contributed by atoms with Crippen molar-refractivity contribution >= 4 is 33.0 Å². The highest BCUT2D eigenvalue weighted by molar-refractivity contribution is 7.92. The Bertz CT molecular complexity index is 626. The zero-order valence-electron chi connectivity index (χ0n) is 11.4. The molecule has 20 heavy (non-hydrogen) atoms. The second-order valence-electron chi connectivity index (χ2n) is 5.26. The van der Waals surface area contributed by atoms with Crippen molar-refractivity contribution in [3.05, 3.63) is 22.7 Å². The average molecular weight is 339 g/mol. The van der Waals surface area contributed by atoms with Crippen LogP contribution in [0.3, 0.4) is 0 Å². The molecule has 1 aliphatic rings. The predicted octanol–water partition coefficient (Wildman–Crippen LogP) is 3.21. The molecule has 0 N–H and O–H groups in total. The van der Waals surface area contributed by atoms with E-state index in [2.05, 4.69) is 0 Å². The number of benzene rings is 1. The highest BCUT2D eigenvalue weighted by Crippen LogP contribution is 2.45. The number of alkyl halides is 1. The molecular weight excluding hydrogens is 323 g/mol. The summed E-state index contributed by atoms with van der Waals surface area (Å²) < 4.78 is 33.5. The average Bonchev–Trinajstić information content (AvgIpc) is 2.35. The van der Waals surface area contributed by atoms with E-state index in [9.17, 15) is 8.42 Å². The Morgan fingerprint density at radius 2 is 1.70 bits per heavy atom. The molecule has 112 valence electrons. The summed E-state index contributed by atoms with van der Waals surface area (Å²) in [6.07, 6.45) is 1.16. The lowest BCUT2D eigenvalue weighted by molar-refractivity contribution is 0.171. The van der Waals surface area contributed by atoms with Gasteiger partial charge in [0, 0.05) is 17.3 Å². The van der Waals surface area contributed by atoms with E-state index in [0.717, 1.165) is 6.26 Å². The molecule has 1 aromatic rings. The lowest BCUT2D eigenvalue weighted by Crippen LogP contribution is -2.35. The normalized spacial score (nSPS) is 16.9. The van der Waals surface area contributed by atoms with Gasteiger partial charge in [0.2, 0.25) is 0 Å². The van der Waals surface area contributed by atoms with Crippen molar-refractivity contribution in [2.24, 2.45) is 0 Å². The van der Waals surface area contributed by atoms with Crippen molar-refractivity contribution in [2.75, 3.05) is 19.5 Å². The summed E-state index contributed by atoms with van der Waals surface area (Å²) in [6.45, 7) is 4.05. The Hall–Kier alpha value is -0.650. The first-order valence-electron chi connectivity index (χ1n) is 6.07. The predicted molar refractivity (Wildman–Crippen MR) is 80.0 cm³/mol. The molecule has 1 aromatic carbocycles. The second kappa shape index (κ2) is 5.28. The molecule has 0 aromatic heterocycles. The van der Waals surface area contributed by atoms with Gasteiger partial charge in [0.25, 0.3) is 0 Å². The molecule has 2 rings (SSSR count). The maximum Gasteiger partial charge on any atom is 0.162 e. The summed E-state index contributed by atoms with van der Waals surface area (Å²) >= 11 is 12.6. The van der Waals surface area contributed by atoms with Gasteiger partial charge in [0.1, 0.15) is 13.2 Å². The number of hydrogen-bond donors (Lipinski definition) is 0. The van der Waals surface area contributed by atoms with E-state index in [1.165, 1.54) is 0 Å². The molecule has 0 aliphatic carbocycles. The Labute approximate surface area is 128 Å². The molecule has 0 saturated carbocycles. The topological polar surface area (TPSA) is 52.6 Å². The van der Waals surface area contributed by atoms with Gasteiger partial charge in [-0.3, -0.25) is 0 Å². The fourth-order valence-electron chi connectivity index (χ4n) is 1.84. The lowest BCUT2D eigenvalue weighted by Gasteiger charge is -2.30. The SMILES string of the molecule is CC(C)(C(Cl)c1cc2c(cc1Cl)OCCO2)S(C)(=O)=O. The number of sulfone groups is 1. The van der Waals surface area contributed by atoms with Gasteiger partial charge in [-0.25, -0.2) is 8.42 Å². The van der Waals surface area contributed by atoms with Crippen LogP contribution in [0.4, 0.5) is 0 Å². The number of rotatable bonds is 3. The molecule has 0 radical (unpaired) electrons. The molecule has 0 bridgehead atoms. The van der Waals surface area contributed by atoms with Crippen molar-refractivity contribution < 1.29 is 17.9 Å². The minimum atomic E-state index is -3.35. The first-order valence-corrected chi connectivity index (χ1v) is 8.78. The largest absolute Gasteiger partial charge is 0.486 e. The first kappa shape index (κ1) is 15.7. The number of ether oxygens (including phenoxy) is 2. The van der Waals surface area contributed by atoms with Crippen molar-refractivity contribution in [1.82, 2.24) is 0 Å². The van der Waals surface area contributed by atoms with E-state index in [0.29, 0.717) is 35.3 Å². The summed E-state index contributed by atoms with van der Waals surface area (Å²) in [5.74, 6) is 1.08. The monoisotopic (exact) mass is 338 g/mol. The third-order valence-electron chi connectivity index (χ3n) is 3.50. The zero-order chi connectivity index (χ0) is 15.1. The van der Waals surface area contributed by atoms with Gasteiger partial charge in [0.15, 0.2) is 21.3 Å². The Morgan fingerprint density at radius 1 is 1.20 bits per heavy atom. The van der Waals surface area contributed by atoms with Crippen LogP contribution in [0.15, 0.2) is 12.1 Å². The van der Waals surface area contributed by atoms with E-state index >= 15 is 0 Å². The zero-order valence-corrected chi connectivity index (χ0v) is 13.8. The Kier molecular flexibility index (Phi) is 4.15. The third kappa shape index (κ3) is 2.71. The van der Waals surface area contributed by atoms with E-state index in [1.54, 1.807) is 26.0 Å². The Balaban J connectivity index is 2.48. The van der Waals surface area contributed by atoms with Gasteiger partial charge < -0.3 is 9.47 Å². The molecule has 1 heterocycles. The molecule has 1 aliphatic heterocycles. The van der Waals surface area contributed by atoms with Crippen LogP contribution in [0.1, 0.15) is 24.8 Å². The third-order valence-corrected chi connectivity index (χ3v) is 6.88. The number of fused-ring (bicyclic) bond motifs is 1. The van der Waals surface area contributed by atoms with Crippen LogP contribution >= 0.6 is 23.2 Å². The van der Waals surface area contributed by atoms with E-state index in [-0.39, 0.29) is 0 Å². The molecule has 0 spiro atoms. The smallest absolute Gasteiger partial charge is 0.162 e. The van der Waals surface area contributed by atoms with Crippen LogP contribution in [0.25, 0.3) is 0 Å². The molecule has 7 heteroatoms. The lowest BCUT2D eigenvalue weighted by atomic mass is 10.0. The van der Waals surface area contributed by atoms with Gasteiger partial charge >= 0.3 is 0 Å². The van der Waals surface area contributed by atoms with Crippen LogP contribution in [0, 0.1) is 0 Å². The quantitative estimate of drug-likeness (QED) is 0.794. The molecule has 0 fully saturated rings. The van der Waals surface area contributed by atoms with Gasteiger partial charge in [-0.2, -0.15) is 0 Å². The van der Waals surface area contributed by atoms with Crippen molar-refractivity contribution in [2.45, 2.75) is 24.0 Å². The molecule has 0 saturated heterocycles. The van der Waals surface area contributed by atoms with Crippen LogP contribution in [0.2, 0.25) is 5.02 Å². The summed E-state index contributed by atoms with van der Waals surface area (Å²) in [7, 11) is -3.35. The maximum atomic E-state index is 11.9. The minimum Gasteiger partial charge on any atom is -0.486 e. The molecule has 1 atom stereocenters.